The molecule has 0 bridgehead atoms. The van der Waals surface area contributed by atoms with Crippen LogP contribution in [-0.2, 0) is 6.54 Å². The molecule has 114 valence electrons. The zero-order chi connectivity index (χ0) is 15.4. The molecule has 2 aromatic rings. The molecule has 21 heavy (non-hydrogen) atoms. The van der Waals surface area contributed by atoms with Gasteiger partial charge in [0.25, 0.3) is 0 Å². The number of nitrogens with one attached hydrogen (secondary N) is 1. The maximum absolute atomic E-state index is 12.9. The number of hydrogen-bond acceptors (Lipinski definition) is 5. The van der Waals surface area contributed by atoms with E-state index in [4.69, 9.17) is 4.74 Å². The molecule has 1 atom stereocenters. The molecule has 0 amide bonds. The first-order valence-electron chi connectivity index (χ1n) is 6.71. The molecule has 4 nitrogen and oxygen atoms in total. The lowest BCUT2D eigenvalue weighted by atomic mass is 10.1. The zero-order valence-corrected chi connectivity index (χ0v) is 13.5. The van der Waals surface area contributed by atoms with Crippen LogP contribution in [0.5, 0.6) is 5.88 Å². The molecule has 0 radical (unpaired) electrons. The zero-order valence-electron chi connectivity index (χ0n) is 12.7. The van der Waals surface area contributed by atoms with E-state index in [1.165, 1.54) is 12.1 Å². The third-order valence-electron chi connectivity index (χ3n) is 3.16. The Labute approximate surface area is 128 Å². The standard InChI is InChI=1S/C15H20FN3OS/c1-10(11-5-7-12(16)8-6-11)17-9-13-14(20-4)18-15(21-13)19(2)3/h5-8,10,17H,9H2,1-4H3/t10-/m0/s1. The Kier molecular flexibility index (Phi) is 5.14. The second kappa shape index (κ2) is 6.87. The van der Waals surface area contributed by atoms with Crippen molar-refractivity contribution in [1.82, 2.24) is 10.3 Å². The van der Waals surface area contributed by atoms with Gasteiger partial charge in [-0.1, -0.05) is 23.5 Å². The molecule has 0 unspecified atom stereocenters. The number of aromatic nitrogens is 1. The first kappa shape index (κ1) is 15.7. The van der Waals surface area contributed by atoms with Crippen molar-refractivity contribution in [2.75, 3.05) is 26.1 Å². The molecule has 0 aliphatic heterocycles. The highest BCUT2D eigenvalue weighted by Crippen LogP contribution is 2.30. The van der Waals surface area contributed by atoms with Gasteiger partial charge in [-0.3, -0.25) is 0 Å². The van der Waals surface area contributed by atoms with E-state index >= 15 is 0 Å². The molecule has 0 fully saturated rings. The van der Waals surface area contributed by atoms with Crippen LogP contribution in [0.2, 0.25) is 0 Å². The first-order valence-corrected chi connectivity index (χ1v) is 7.52. The van der Waals surface area contributed by atoms with Gasteiger partial charge in [0.15, 0.2) is 5.13 Å². The van der Waals surface area contributed by atoms with Crippen molar-refractivity contribution in [3.63, 3.8) is 0 Å². The summed E-state index contributed by atoms with van der Waals surface area (Å²) in [6.07, 6.45) is 0. The topological polar surface area (TPSA) is 37.4 Å². The van der Waals surface area contributed by atoms with Crippen molar-refractivity contribution in [3.8, 4) is 5.88 Å². The van der Waals surface area contributed by atoms with Gasteiger partial charge in [-0.05, 0) is 24.6 Å². The van der Waals surface area contributed by atoms with Gasteiger partial charge in [0, 0.05) is 26.7 Å². The average molecular weight is 309 g/mol. The van der Waals surface area contributed by atoms with E-state index in [1.807, 2.05) is 25.9 Å². The highest BCUT2D eigenvalue weighted by molar-refractivity contribution is 7.15. The van der Waals surface area contributed by atoms with Gasteiger partial charge in [0.2, 0.25) is 5.88 Å². The van der Waals surface area contributed by atoms with Gasteiger partial charge in [-0.25, -0.2) is 4.39 Å². The van der Waals surface area contributed by atoms with Gasteiger partial charge in [-0.15, -0.1) is 0 Å². The lowest BCUT2D eigenvalue weighted by molar-refractivity contribution is 0.393. The fraction of sp³-hybridized carbons (Fsp3) is 0.400. The molecule has 0 aliphatic carbocycles. The Hall–Kier alpha value is -1.66. The van der Waals surface area contributed by atoms with Crippen LogP contribution in [0.3, 0.4) is 0 Å². The van der Waals surface area contributed by atoms with Crippen LogP contribution in [-0.4, -0.2) is 26.2 Å². The van der Waals surface area contributed by atoms with Crippen molar-refractivity contribution in [1.29, 1.82) is 0 Å². The second-order valence-corrected chi connectivity index (χ2v) is 6.04. The molecule has 0 saturated carbocycles. The van der Waals surface area contributed by atoms with Gasteiger partial charge < -0.3 is 15.0 Å². The Morgan fingerprint density at radius 1 is 1.33 bits per heavy atom. The Morgan fingerprint density at radius 3 is 2.57 bits per heavy atom. The molecular formula is C15H20FN3OS. The molecule has 0 spiro atoms. The molecule has 6 heteroatoms. The van der Waals surface area contributed by atoms with Gasteiger partial charge >= 0.3 is 0 Å². The molecule has 1 aromatic heterocycles. The Bertz CT molecular complexity index is 583. The number of rotatable bonds is 6. The Morgan fingerprint density at radius 2 is 2.00 bits per heavy atom. The third kappa shape index (κ3) is 3.92. The second-order valence-electron chi connectivity index (χ2n) is 4.98. The summed E-state index contributed by atoms with van der Waals surface area (Å²) in [7, 11) is 5.54. The highest BCUT2D eigenvalue weighted by Gasteiger charge is 2.14. The quantitative estimate of drug-likeness (QED) is 0.889. The SMILES string of the molecule is COc1nc(N(C)C)sc1CN[C@@H](C)c1ccc(F)cc1. The summed E-state index contributed by atoms with van der Waals surface area (Å²) in [6, 6.07) is 6.67. The summed E-state index contributed by atoms with van der Waals surface area (Å²) in [5.41, 5.74) is 1.05. The molecule has 2 rings (SSSR count). The average Bonchev–Trinajstić information content (AvgIpc) is 2.89. The predicted molar refractivity (Wildman–Crippen MR) is 84.6 cm³/mol. The fourth-order valence-corrected chi connectivity index (χ4v) is 2.81. The molecular weight excluding hydrogens is 289 g/mol. The van der Waals surface area contributed by atoms with Crippen LogP contribution in [0.1, 0.15) is 23.4 Å². The molecule has 1 heterocycles. The van der Waals surface area contributed by atoms with Crippen molar-refractivity contribution in [2.24, 2.45) is 0 Å². The maximum Gasteiger partial charge on any atom is 0.230 e. The van der Waals surface area contributed by atoms with Gasteiger partial charge in [-0.2, -0.15) is 4.98 Å². The van der Waals surface area contributed by atoms with E-state index in [-0.39, 0.29) is 11.9 Å². The summed E-state index contributed by atoms with van der Waals surface area (Å²) in [4.78, 5) is 7.43. The van der Waals surface area contributed by atoms with E-state index in [2.05, 4.69) is 10.3 Å². The summed E-state index contributed by atoms with van der Waals surface area (Å²) < 4.78 is 18.2. The maximum atomic E-state index is 12.9. The molecule has 0 saturated heterocycles. The number of hydrogen-bond donors (Lipinski definition) is 1. The van der Waals surface area contributed by atoms with Gasteiger partial charge in [0.05, 0.1) is 12.0 Å². The number of halogens is 1. The fourth-order valence-electron chi connectivity index (χ4n) is 1.90. The monoisotopic (exact) mass is 309 g/mol. The number of nitrogens with zero attached hydrogens (tertiary/aromatic N) is 2. The van der Waals surface area contributed by atoms with Crippen molar-refractivity contribution in [2.45, 2.75) is 19.5 Å². The van der Waals surface area contributed by atoms with Crippen molar-refractivity contribution >= 4 is 16.5 Å². The largest absolute Gasteiger partial charge is 0.480 e. The van der Waals surface area contributed by atoms with Crippen LogP contribution in [0, 0.1) is 5.82 Å². The molecule has 1 aromatic carbocycles. The number of thiazole rings is 1. The minimum Gasteiger partial charge on any atom is -0.480 e. The van der Waals surface area contributed by atoms with Crippen LogP contribution in [0.25, 0.3) is 0 Å². The van der Waals surface area contributed by atoms with Crippen LogP contribution in [0.15, 0.2) is 24.3 Å². The van der Waals surface area contributed by atoms with E-state index in [9.17, 15) is 4.39 Å². The molecule has 0 aliphatic rings. The van der Waals surface area contributed by atoms with E-state index < -0.39 is 0 Å². The minimum atomic E-state index is -0.217. The van der Waals surface area contributed by atoms with Gasteiger partial charge in [0.1, 0.15) is 5.82 Å². The van der Waals surface area contributed by atoms with Crippen LogP contribution >= 0.6 is 11.3 Å². The lowest BCUT2D eigenvalue weighted by Gasteiger charge is -2.13. The highest BCUT2D eigenvalue weighted by atomic mass is 32.1. The predicted octanol–water partition coefficient (Wildman–Crippen LogP) is 3.21. The van der Waals surface area contributed by atoms with Crippen molar-refractivity contribution < 1.29 is 9.13 Å². The summed E-state index contributed by atoms with van der Waals surface area (Å²) in [6.45, 7) is 2.71. The number of benzene rings is 1. The third-order valence-corrected chi connectivity index (χ3v) is 4.37. The van der Waals surface area contributed by atoms with Crippen LogP contribution < -0.4 is 15.0 Å². The van der Waals surface area contributed by atoms with Crippen molar-refractivity contribution in [3.05, 3.63) is 40.5 Å². The molecule has 1 N–H and O–H groups in total. The minimum absolute atomic E-state index is 0.125. The first-order chi connectivity index (χ1) is 10.0. The van der Waals surface area contributed by atoms with E-state index in [0.717, 1.165) is 15.6 Å². The number of methoxy groups -OCH3 is 1. The number of ether oxygens (including phenoxy) is 1. The summed E-state index contributed by atoms with van der Waals surface area (Å²) >= 11 is 1.60. The number of anilines is 1. The van der Waals surface area contributed by atoms with E-state index in [1.54, 1.807) is 30.6 Å². The summed E-state index contributed by atoms with van der Waals surface area (Å²) in [5, 5.41) is 4.33. The smallest absolute Gasteiger partial charge is 0.230 e. The summed E-state index contributed by atoms with van der Waals surface area (Å²) in [5.74, 6) is 0.438. The normalized spacial score (nSPS) is 12.2. The Balaban J connectivity index is 2.03. The lowest BCUT2D eigenvalue weighted by Crippen LogP contribution is -2.17. The van der Waals surface area contributed by atoms with E-state index in [0.29, 0.717) is 12.4 Å². The van der Waals surface area contributed by atoms with Crippen LogP contribution in [0.4, 0.5) is 9.52 Å².